The quantitative estimate of drug-likeness (QED) is 0.0330. The summed E-state index contributed by atoms with van der Waals surface area (Å²) >= 11 is 5.97. The van der Waals surface area contributed by atoms with Crippen LogP contribution in [0.4, 0.5) is 0 Å². The van der Waals surface area contributed by atoms with E-state index in [0.29, 0.717) is 30.8 Å². The molecule has 0 aliphatic rings. The summed E-state index contributed by atoms with van der Waals surface area (Å²) in [7, 11) is -7.17. The van der Waals surface area contributed by atoms with Crippen LogP contribution in [0.3, 0.4) is 0 Å². The van der Waals surface area contributed by atoms with Crippen molar-refractivity contribution < 1.29 is 38.2 Å². The van der Waals surface area contributed by atoms with E-state index in [4.69, 9.17) is 26.8 Å². The zero-order valence-electron chi connectivity index (χ0n) is 26.1. The van der Waals surface area contributed by atoms with Crippen LogP contribution in [0.15, 0.2) is 58.7 Å². The molecule has 0 bridgehead atoms. The Bertz CT molecular complexity index is 1430. The summed E-state index contributed by atoms with van der Waals surface area (Å²) in [4.78, 5) is 41.0. The van der Waals surface area contributed by atoms with E-state index >= 15 is 0 Å². The number of azide groups is 1. The van der Waals surface area contributed by atoms with E-state index in [-0.39, 0.29) is 6.54 Å². The number of benzene rings is 2. The maximum absolute atomic E-state index is 11.4. The normalized spacial score (nSPS) is 15.6. The lowest BCUT2D eigenvalue weighted by atomic mass is 10.1. The van der Waals surface area contributed by atoms with Crippen LogP contribution in [0, 0.1) is 0 Å². The molecule has 1 unspecified atom stereocenters. The third-order valence-electron chi connectivity index (χ3n) is 6.74. The molecule has 0 aliphatic heterocycles. The first-order chi connectivity index (χ1) is 20.9. The number of ether oxygens (including phenoxy) is 2. The van der Waals surface area contributed by atoms with Crippen LogP contribution >= 0.6 is 22.0 Å². The zero-order chi connectivity index (χ0) is 33.9. The maximum atomic E-state index is 11.4. The predicted molar refractivity (Wildman–Crippen MR) is 181 cm³/mol. The van der Waals surface area contributed by atoms with Gasteiger partial charge in [0.05, 0.1) is 13.1 Å². The molecule has 0 fully saturated rings. The fourth-order valence-electron chi connectivity index (χ4n) is 4.34. The monoisotopic (exact) mass is 704 g/mol. The fourth-order valence-corrected chi connectivity index (χ4v) is 8.11. The van der Waals surface area contributed by atoms with Crippen molar-refractivity contribution in [1.29, 1.82) is 0 Å². The van der Waals surface area contributed by atoms with Crippen molar-refractivity contribution in [2.75, 3.05) is 26.2 Å². The molecule has 0 radical (unpaired) electrons. The highest BCUT2D eigenvalue weighted by Gasteiger charge is 2.32. The number of hydrazone groups is 1. The molecule has 0 aliphatic carbocycles. The molecule has 4 N–H and O–H groups in total. The Kier molecular flexibility index (Phi) is 14.7. The van der Waals surface area contributed by atoms with Crippen molar-refractivity contribution in [3.05, 3.63) is 70.1 Å². The molecule has 45 heavy (non-hydrogen) atoms. The van der Waals surface area contributed by atoms with Crippen LogP contribution in [-0.2, 0) is 27.4 Å². The van der Waals surface area contributed by atoms with Crippen molar-refractivity contribution in [3.8, 4) is 11.5 Å². The lowest BCUT2D eigenvalue weighted by molar-refractivity contribution is 0.0921. The summed E-state index contributed by atoms with van der Waals surface area (Å²) in [6, 6.07) is 14.4. The van der Waals surface area contributed by atoms with Crippen molar-refractivity contribution in [3.63, 3.8) is 0 Å². The van der Waals surface area contributed by atoms with Crippen molar-refractivity contribution in [1.82, 2.24) is 9.68 Å². The predicted octanol–water partition coefficient (Wildman–Crippen LogP) is 6.07. The van der Waals surface area contributed by atoms with Crippen LogP contribution in [0.1, 0.15) is 58.1 Å². The minimum absolute atomic E-state index is 0.0513. The summed E-state index contributed by atoms with van der Waals surface area (Å²) in [6.07, 6.45) is 2.57. The number of hydrogen-bond acceptors (Lipinski definition) is 8. The van der Waals surface area contributed by atoms with Gasteiger partial charge in [-0.05, 0) is 91.3 Å². The van der Waals surface area contributed by atoms with E-state index < -0.39 is 45.7 Å². The third-order valence-corrected chi connectivity index (χ3v) is 12.3. The van der Waals surface area contributed by atoms with Crippen LogP contribution in [-0.4, -0.2) is 72.7 Å². The second-order valence-corrected chi connectivity index (χ2v) is 17.6. The molecule has 3 atom stereocenters. The molecular formula is C27H43N6O8P3S. The number of nitrogens with zero attached hydrogens (tertiary/aromatic N) is 6. The van der Waals surface area contributed by atoms with Gasteiger partial charge >= 0.3 is 15.2 Å². The first-order valence-corrected chi connectivity index (χ1v) is 20.4. The van der Waals surface area contributed by atoms with Gasteiger partial charge in [0.1, 0.15) is 29.4 Å². The second kappa shape index (κ2) is 17.0. The van der Waals surface area contributed by atoms with Gasteiger partial charge in [0, 0.05) is 18.5 Å². The smallest absolute Gasteiger partial charge is 0.339 e. The minimum atomic E-state index is -4.50. The van der Waals surface area contributed by atoms with Crippen molar-refractivity contribution in [2.24, 2.45) is 10.2 Å². The third kappa shape index (κ3) is 13.9. The Labute approximate surface area is 269 Å². The van der Waals surface area contributed by atoms with Crippen molar-refractivity contribution in [2.45, 2.75) is 64.4 Å². The number of rotatable bonds is 19. The average Bonchev–Trinajstić information content (AvgIpc) is 2.94. The molecule has 0 amide bonds. The van der Waals surface area contributed by atoms with Crippen LogP contribution in [0.25, 0.3) is 10.4 Å². The molecule has 2 aromatic rings. The van der Waals surface area contributed by atoms with Gasteiger partial charge in [-0.15, -0.1) is 0 Å². The first-order valence-electron chi connectivity index (χ1n) is 14.2. The summed E-state index contributed by atoms with van der Waals surface area (Å²) in [5.74, 6) is 1.16. The van der Waals surface area contributed by atoms with E-state index in [1.807, 2.05) is 33.0 Å². The lowest BCUT2D eigenvalue weighted by Crippen LogP contribution is -2.31. The molecule has 0 spiro atoms. The zero-order valence-corrected chi connectivity index (χ0v) is 29.7. The summed E-state index contributed by atoms with van der Waals surface area (Å²) < 4.78 is 36.9. The molecule has 2 aromatic carbocycles. The van der Waals surface area contributed by atoms with Gasteiger partial charge in [-0.3, -0.25) is 18.8 Å². The molecule has 14 nitrogen and oxygen atoms in total. The SMILES string of the molecule is CCC[C@@](C)(Oc1ccc(CCN(CP(=O)(O)O)CP(=O)(O)O)cc1)[PH](=S)N(C)/N=C/c1ccc(O[C@](C)(CC)N=[N+]=[N-])cc1. The van der Waals surface area contributed by atoms with Gasteiger partial charge in [0.15, 0.2) is 5.72 Å². The maximum Gasteiger partial charge on any atom is 0.339 e. The van der Waals surface area contributed by atoms with Crippen LogP contribution < -0.4 is 9.47 Å². The minimum Gasteiger partial charge on any atom is -0.481 e. The van der Waals surface area contributed by atoms with Gasteiger partial charge in [0.25, 0.3) is 0 Å². The summed E-state index contributed by atoms with van der Waals surface area (Å²) in [5.41, 5.74) is 9.46. The molecular weight excluding hydrogens is 661 g/mol. The highest BCUT2D eigenvalue weighted by atomic mass is 32.4. The first kappa shape index (κ1) is 38.9. The van der Waals surface area contributed by atoms with Crippen LogP contribution in [0.5, 0.6) is 11.5 Å². The molecule has 250 valence electrons. The Morgan fingerprint density at radius 2 is 1.51 bits per heavy atom. The van der Waals surface area contributed by atoms with Gasteiger partial charge in [0.2, 0.25) is 0 Å². The topological polar surface area (TPSA) is 201 Å². The lowest BCUT2D eigenvalue weighted by Gasteiger charge is -2.35. The van der Waals surface area contributed by atoms with Crippen LogP contribution in [0.2, 0.25) is 0 Å². The van der Waals surface area contributed by atoms with E-state index in [1.54, 1.807) is 54.3 Å². The fraction of sp³-hybridized carbons (Fsp3) is 0.519. The highest BCUT2D eigenvalue weighted by molar-refractivity contribution is 8.04. The Morgan fingerprint density at radius 3 is 2.00 bits per heavy atom. The molecule has 0 heterocycles. The van der Waals surface area contributed by atoms with E-state index in [9.17, 15) is 28.7 Å². The molecule has 0 saturated carbocycles. The highest BCUT2D eigenvalue weighted by Crippen LogP contribution is 2.46. The second-order valence-electron chi connectivity index (χ2n) is 10.9. The largest absolute Gasteiger partial charge is 0.481 e. The molecule has 0 saturated heterocycles. The average molecular weight is 705 g/mol. The van der Waals surface area contributed by atoms with Gasteiger partial charge in [-0.25, -0.2) is 0 Å². The van der Waals surface area contributed by atoms with Crippen molar-refractivity contribution >= 4 is 40.1 Å². The Hall–Kier alpha value is -2.27. The standard InChI is InChI=1S/C27H43N6O8P3S/c1-6-17-27(4,41-25-12-8-22(9-13-25)16-18-33(20-43(34,35)36)21-44(37,38)39)42(45)32(5)29-19-23-10-14-24(15-11-23)40-26(3,7-2)30-31-28/h8-15,19,42H,6-7,16-18,20-21H2,1-5H3,(H2,34,35,36)(H2,37,38,39)/b29-19+/t26-,27+/m1/s1. The van der Waals surface area contributed by atoms with Gasteiger partial charge < -0.3 is 29.0 Å². The summed E-state index contributed by atoms with van der Waals surface area (Å²) in [6.45, 7) is 5.90. The Balaban J connectivity index is 2.08. The van der Waals surface area contributed by atoms with E-state index in [0.717, 1.165) is 22.4 Å². The Morgan fingerprint density at radius 1 is 0.978 bits per heavy atom. The van der Waals surface area contributed by atoms with Gasteiger partial charge in [-0.2, -0.15) is 5.10 Å². The van der Waals surface area contributed by atoms with Gasteiger partial charge in [-0.1, -0.05) is 44.2 Å². The van der Waals surface area contributed by atoms with E-state index in [2.05, 4.69) is 22.1 Å². The summed E-state index contributed by atoms with van der Waals surface area (Å²) in [5, 5.41) is 7.64. The molecule has 0 aromatic heterocycles. The molecule has 18 heteroatoms. The number of hydrogen-bond donors (Lipinski definition) is 4. The molecule has 2 rings (SSSR count). The van der Waals surface area contributed by atoms with E-state index in [1.165, 1.54) is 0 Å².